The van der Waals surface area contributed by atoms with Gasteiger partial charge in [-0.2, -0.15) is 0 Å². The largest absolute Gasteiger partial charge is 0.494 e. The highest BCUT2D eigenvalue weighted by Gasteiger charge is 2.30. The Bertz CT molecular complexity index is 852. The van der Waals surface area contributed by atoms with Crippen LogP contribution in [-0.4, -0.2) is 61.7 Å². The molecule has 0 saturated carbocycles. The van der Waals surface area contributed by atoms with Gasteiger partial charge in [0.05, 0.1) is 6.61 Å². The number of piperidine rings is 1. The van der Waals surface area contributed by atoms with Crippen LogP contribution in [0.3, 0.4) is 0 Å². The molecule has 2 heterocycles. The van der Waals surface area contributed by atoms with Crippen molar-refractivity contribution in [3.05, 3.63) is 60.2 Å². The Kier molecular flexibility index (Phi) is 7.02. The third-order valence-corrected chi connectivity index (χ3v) is 6.24. The molecule has 2 amide bonds. The van der Waals surface area contributed by atoms with E-state index < -0.39 is 0 Å². The quantitative estimate of drug-likeness (QED) is 0.625. The van der Waals surface area contributed by atoms with Crippen molar-refractivity contribution in [1.29, 1.82) is 0 Å². The van der Waals surface area contributed by atoms with E-state index in [1.807, 2.05) is 4.90 Å². The van der Waals surface area contributed by atoms with Crippen molar-refractivity contribution in [3.63, 3.8) is 0 Å². The van der Waals surface area contributed by atoms with Crippen molar-refractivity contribution < 1.29 is 18.3 Å². The topological polar surface area (TPSA) is 36.0 Å². The van der Waals surface area contributed by atoms with Gasteiger partial charge in [0.15, 0.2) is 0 Å². The maximum Gasteiger partial charge on any atom is 0.324 e. The first-order valence-electron chi connectivity index (χ1n) is 11.0. The first-order chi connectivity index (χ1) is 15.1. The van der Waals surface area contributed by atoms with Crippen molar-refractivity contribution in [2.45, 2.75) is 19.3 Å². The minimum absolute atomic E-state index is 0.000522. The van der Waals surface area contributed by atoms with Gasteiger partial charge in [-0.05, 0) is 86.8 Å². The summed E-state index contributed by atoms with van der Waals surface area (Å²) in [6.07, 6.45) is 3.26. The number of nitrogens with zero attached hydrogens (tertiary/aromatic N) is 3. The third-order valence-electron chi connectivity index (χ3n) is 6.24. The van der Waals surface area contributed by atoms with Gasteiger partial charge in [0, 0.05) is 31.9 Å². The van der Waals surface area contributed by atoms with Gasteiger partial charge in [0.2, 0.25) is 0 Å². The van der Waals surface area contributed by atoms with Crippen LogP contribution >= 0.6 is 0 Å². The van der Waals surface area contributed by atoms with E-state index in [2.05, 4.69) is 4.90 Å². The Labute approximate surface area is 182 Å². The van der Waals surface area contributed by atoms with Gasteiger partial charge in [0.1, 0.15) is 17.4 Å². The minimum atomic E-state index is -0.294. The van der Waals surface area contributed by atoms with Crippen molar-refractivity contribution in [2.75, 3.05) is 50.8 Å². The molecule has 166 valence electrons. The molecule has 0 spiro atoms. The normalized spacial score (nSPS) is 18.1. The van der Waals surface area contributed by atoms with Crippen LogP contribution in [0, 0.1) is 17.6 Å². The smallest absolute Gasteiger partial charge is 0.324 e. The zero-order valence-corrected chi connectivity index (χ0v) is 17.7. The summed E-state index contributed by atoms with van der Waals surface area (Å²) in [6.45, 7) is 5.65. The lowest BCUT2D eigenvalue weighted by Crippen LogP contribution is -2.41. The number of amides is 2. The zero-order chi connectivity index (χ0) is 21.6. The molecular weight excluding hydrogens is 400 g/mol. The number of rotatable bonds is 8. The van der Waals surface area contributed by atoms with Crippen LogP contribution in [0.2, 0.25) is 0 Å². The molecule has 31 heavy (non-hydrogen) atoms. The second-order valence-corrected chi connectivity index (χ2v) is 8.27. The van der Waals surface area contributed by atoms with Gasteiger partial charge in [0.25, 0.3) is 0 Å². The van der Waals surface area contributed by atoms with E-state index in [4.69, 9.17) is 4.74 Å². The summed E-state index contributed by atoms with van der Waals surface area (Å²) < 4.78 is 31.8. The Morgan fingerprint density at radius 1 is 0.839 bits per heavy atom. The molecule has 2 aromatic rings. The van der Waals surface area contributed by atoms with E-state index in [1.165, 1.54) is 24.3 Å². The average molecular weight is 430 g/mol. The van der Waals surface area contributed by atoms with Crippen molar-refractivity contribution >= 4 is 11.7 Å². The molecule has 7 heteroatoms. The number of benzene rings is 2. The van der Waals surface area contributed by atoms with Gasteiger partial charge in [-0.1, -0.05) is 0 Å². The van der Waals surface area contributed by atoms with Crippen LogP contribution in [-0.2, 0) is 0 Å². The maximum atomic E-state index is 13.1. The van der Waals surface area contributed by atoms with Crippen LogP contribution in [0.25, 0.3) is 0 Å². The predicted molar refractivity (Wildman–Crippen MR) is 116 cm³/mol. The van der Waals surface area contributed by atoms with Crippen LogP contribution in [0.5, 0.6) is 5.75 Å². The SMILES string of the molecule is O=C1N(CCN2CCC(CCOc3ccc(F)cc3)CC2)CCN1c1ccc(F)cc1. The Hall–Kier alpha value is -2.67. The zero-order valence-electron chi connectivity index (χ0n) is 17.7. The van der Waals surface area contributed by atoms with Crippen LogP contribution < -0.4 is 9.64 Å². The second-order valence-electron chi connectivity index (χ2n) is 8.27. The summed E-state index contributed by atoms with van der Waals surface area (Å²) in [5.41, 5.74) is 0.748. The Morgan fingerprint density at radius 3 is 2.16 bits per heavy atom. The second kappa shape index (κ2) is 10.1. The number of hydrogen-bond donors (Lipinski definition) is 0. The molecule has 2 aromatic carbocycles. The fourth-order valence-electron chi connectivity index (χ4n) is 4.29. The summed E-state index contributed by atoms with van der Waals surface area (Å²) in [5.74, 6) is 0.805. The number of hydrogen-bond acceptors (Lipinski definition) is 3. The molecular formula is C24H29F2N3O2. The Morgan fingerprint density at radius 2 is 1.48 bits per heavy atom. The minimum Gasteiger partial charge on any atom is -0.494 e. The van der Waals surface area contributed by atoms with Gasteiger partial charge in [-0.3, -0.25) is 4.90 Å². The van der Waals surface area contributed by atoms with Crippen LogP contribution in [0.1, 0.15) is 19.3 Å². The molecule has 0 N–H and O–H groups in total. The lowest BCUT2D eigenvalue weighted by Gasteiger charge is -2.33. The lowest BCUT2D eigenvalue weighted by molar-refractivity contribution is 0.151. The molecule has 0 aromatic heterocycles. The molecule has 2 aliphatic heterocycles. The number of likely N-dealkylation sites (tertiary alicyclic amines) is 1. The van der Waals surface area contributed by atoms with E-state index >= 15 is 0 Å². The highest BCUT2D eigenvalue weighted by molar-refractivity contribution is 5.94. The number of halogens is 2. The lowest BCUT2D eigenvalue weighted by atomic mass is 9.94. The molecule has 5 nitrogen and oxygen atoms in total. The van der Waals surface area contributed by atoms with Gasteiger partial charge in [-0.15, -0.1) is 0 Å². The first-order valence-corrected chi connectivity index (χ1v) is 11.0. The number of anilines is 1. The first kappa shape index (κ1) is 21.6. The molecule has 0 bridgehead atoms. The molecule has 2 aliphatic rings. The predicted octanol–water partition coefficient (Wildman–Crippen LogP) is 4.39. The molecule has 2 saturated heterocycles. The van der Waals surface area contributed by atoms with Gasteiger partial charge in [-0.25, -0.2) is 13.6 Å². The highest BCUT2D eigenvalue weighted by Crippen LogP contribution is 2.23. The van der Waals surface area contributed by atoms with Crippen molar-refractivity contribution in [3.8, 4) is 5.75 Å². The Balaban J connectivity index is 1.14. The summed E-state index contributed by atoms with van der Waals surface area (Å²) >= 11 is 0. The number of ether oxygens (including phenoxy) is 1. The molecule has 0 atom stereocenters. The average Bonchev–Trinajstić information content (AvgIpc) is 3.15. The van der Waals surface area contributed by atoms with Crippen LogP contribution in [0.4, 0.5) is 19.3 Å². The summed E-state index contributed by atoms with van der Waals surface area (Å²) in [5, 5.41) is 0. The molecule has 0 unspecified atom stereocenters. The highest BCUT2D eigenvalue weighted by atomic mass is 19.1. The molecule has 0 radical (unpaired) electrons. The molecule has 2 fully saturated rings. The van der Waals surface area contributed by atoms with E-state index in [0.717, 1.165) is 51.1 Å². The van der Waals surface area contributed by atoms with Crippen LogP contribution in [0.15, 0.2) is 48.5 Å². The third kappa shape index (κ3) is 5.73. The van der Waals surface area contributed by atoms with E-state index in [-0.39, 0.29) is 17.7 Å². The summed E-state index contributed by atoms with van der Waals surface area (Å²) in [4.78, 5) is 18.7. The number of carbonyl (C=O) groups is 1. The van der Waals surface area contributed by atoms with Gasteiger partial charge >= 0.3 is 6.03 Å². The monoisotopic (exact) mass is 429 g/mol. The van der Waals surface area contributed by atoms with Gasteiger partial charge < -0.3 is 14.5 Å². The summed E-state index contributed by atoms with van der Waals surface area (Å²) in [7, 11) is 0. The van der Waals surface area contributed by atoms with E-state index in [1.54, 1.807) is 29.2 Å². The van der Waals surface area contributed by atoms with E-state index in [9.17, 15) is 13.6 Å². The molecule has 0 aliphatic carbocycles. The van der Waals surface area contributed by atoms with E-state index in [0.29, 0.717) is 31.4 Å². The summed E-state index contributed by atoms with van der Waals surface area (Å²) in [6, 6.07) is 12.2. The fourth-order valence-corrected chi connectivity index (χ4v) is 4.29. The van der Waals surface area contributed by atoms with Crippen molar-refractivity contribution in [1.82, 2.24) is 9.80 Å². The molecule has 4 rings (SSSR count). The van der Waals surface area contributed by atoms with Crippen molar-refractivity contribution in [2.24, 2.45) is 5.92 Å². The number of urea groups is 1. The standard InChI is InChI=1S/C24H29F2N3O2/c25-20-1-5-22(6-2-20)29-17-16-28(24(29)30)15-14-27-12-9-19(10-13-27)11-18-31-23-7-3-21(26)4-8-23/h1-8,19H,9-18H2. The maximum absolute atomic E-state index is 13.1. The fraction of sp³-hybridized carbons (Fsp3) is 0.458. The number of carbonyl (C=O) groups excluding carboxylic acids is 1.